The molecule has 1 fully saturated rings. The number of halogens is 1. The van der Waals surface area contributed by atoms with Crippen LogP contribution in [0.25, 0.3) is 0 Å². The standard InChI is InChI=1S/C13H20BrN3O/c1-2-17-13(18)12(14)11(9-16-17)15-8-10-6-4-3-5-7-10/h9-10,15H,2-8H2,1H3. The van der Waals surface area contributed by atoms with Crippen LogP contribution in [0.2, 0.25) is 0 Å². The predicted molar refractivity (Wildman–Crippen MR) is 76.9 cm³/mol. The second-order valence-electron chi connectivity index (χ2n) is 4.88. The fraction of sp³-hybridized carbons (Fsp3) is 0.692. The SMILES string of the molecule is CCn1ncc(NCC2CCCCC2)c(Br)c1=O. The second-order valence-corrected chi connectivity index (χ2v) is 5.67. The van der Waals surface area contributed by atoms with Crippen molar-refractivity contribution in [1.29, 1.82) is 0 Å². The molecule has 0 spiro atoms. The lowest BCUT2D eigenvalue weighted by atomic mass is 9.89. The quantitative estimate of drug-likeness (QED) is 0.929. The summed E-state index contributed by atoms with van der Waals surface area (Å²) in [7, 11) is 0. The first-order chi connectivity index (χ1) is 8.72. The van der Waals surface area contributed by atoms with E-state index in [2.05, 4.69) is 26.3 Å². The van der Waals surface area contributed by atoms with Crippen molar-refractivity contribution in [3.63, 3.8) is 0 Å². The van der Waals surface area contributed by atoms with Crippen LogP contribution in [0, 0.1) is 5.92 Å². The van der Waals surface area contributed by atoms with Crippen LogP contribution >= 0.6 is 15.9 Å². The van der Waals surface area contributed by atoms with Gasteiger partial charge in [0, 0.05) is 13.1 Å². The zero-order chi connectivity index (χ0) is 13.0. The first kappa shape index (κ1) is 13.6. The predicted octanol–water partition coefficient (Wildman–Crippen LogP) is 3.02. The highest BCUT2D eigenvalue weighted by atomic mass is 79.9. The second kappa shape index (κ2) is 6.36. The summed E-state index contributed by atoms with van der Waals surface area (Å²) in [5.74, 6) is 0.735. The van der Waals surface area contributed by atoms with E-state index < -0.39 is 0 Å². The van der Waals surface area contributed by atoms with Gasteiger partial charge in [-0.15, -0.1) is 0 Å². The van der Waals surface area contributed by atoms with E-state index in [4.69, 9.17) is 0 Å². The number of anilines is 1. The van der Waals surface area contributed by atoms with Gasteiger partial charge in [0.1, 0.15) is 4.47 Å². The zero-order valence-electron chi connectivity index (χ0n) is 10.8. The summed E-state index contributed by atoms with van der Waals surface area (Å²) in [4.78, 5) is 11.9. The van der Waals surface area contributed by atoms with Crippen LogP contribution in [0.4, 0.5) is 5.69 Å². The Bertz CT molecular complexity index is 452. The monoisotopic (exact) mass is 313 g/mol. The van der Waals surface area contributed by atoms with Crippen molar-refractivity contribution in [3.05, 3.63) is 21.0 Å². The molecule has 1 aromatic rings. The van der Waals surface area contributed by atoms with Crippen LogP contribution < -0.4 is 10.9 Å². The van der Waals surface area contributed by atoms with Crippen LogP contribution in [0.15, 0.2) is 15.5 Å². The number of rotatable bonds is 4. The summed E-state index contributed by atoms with van der Waals surface area (Å²) < 4.78 is 2.05. The minimum absolute atomic E-state index is 0.0638. The van der Waals surface area contributed by atoms with Crippen molar-refractivity contribution >= 4 is 21.6 Å². The van der Waals surface area contributed by atoms with Gasteiger partial charge in [-0.05, 0) is 41.6 Å². The number of hydrogen-bond donors (Lipinski definition) is 1. The summed E-state index contributed by atoms with van der Waals surface area (Å²) in [6.07, 6.45) is 8.37. The number of aryl methyl sites for hydroxylation is 1. The Kier molecular flexibility index (Phi) is 4.80. The van der Waals surface area contributed by atoms with Gasteiger partial charge in [-0.25, -0.2) is 4.68 Å². The third kappa shape index (κ3) is 3.13. The fourth-order valence-corrected chi connectivity index (χ4v) is 2.91. The highest BCUT2D eigenvalue weighted by molar-refractivity contribution is 9.10. The molecule has 0 saturated heterocycles. The Hall–Kier alpha value is -0.840. The third-order valence-corrected chi connectivity index (χ3v) is 4.36. The molecule has 0 aromatic carbocycles. The number of nitrogens with one attached hydrogen (secondary N) is 1. The number of hydrogen-bond acceptors (Lipinski definition) is 3. The number of nitrogens with zero attached hydrogens (tertiary/aromatic N) is 2. The van der Waals surface area contributed by atoms with Gasteiger partial charge in [-0.1, -0.05) is 19.3 Å². The third-order valence-electron chi connectivity index (χ3n) is 3.59. The smallest absolute Gasteiger partial charge is 0.283 e. The van der Waals surface area contributed by atoms with Gasteiger partial charge in [0.05, 0.1) is 11.9 Å². The first-order valence-corrected chi connectivity index (χ1v) is 7.51. The molecule has 0 radical (unpaired) electrons. The van der Waals surface area contributed by atoms with Crippen molar-refractivity contribution in [1.82, 2.24) is 9.78 Å². The molecule has 100 valence electrons. The summed E-state index contributed by atoms with van der Waals surface area (Å²) in [6.45, 7) is 3.45. The van der Waals surface area contributed by atoms with E-state index >= 15 is 0 Å². The molecule has 1 saturated carbocycles. The van der Waals surface area contributed by atoms with Gasteiger partial charge in [0.2, 0.25) is 0 Å². The highest BCUT2D eigenvalue weighted by Crippen LogP contribution is 2.24. The fourth-order valence-electron chi connectivity index (χ4n) is 2.46. The lowest BCUT2D eigenvalue weighted by molar-refractivity contribution is 0.373. The van der Waals surface area contributed by atoms with E-state index in [9.17, 15) is 4.79 Å². The van der Waals surface area contributed by atoms with E-state index in [1.165, 1.54) is 36.8 Å². The molecule has 1 aromatic heterocycles. The van der Waals surface area contributed by atoms with Crippen molar-refractivity contribution in [2.24, 2.45) is 5.92 Å². The minimum Gasteiger partial charge on any atom is -0.382 e. The maximum Gasteiger partial charge on any atom is 0.283 e. The average molecular weight is 314 g/mol. The Labute approximate surface area is 116 Å². The van der Waals surface area contributed by atoms with E-state index in [0.717, 1.165) is 18.2 Å². The van der Waals surface area contributed by atoms with Crippen LogP contribution in [-0.4, -0.2) is 16.3 Å². The molecule has 0 atom stereocenters. The normalized spacial score (nSPS) is 16.8. The maximum atomic E-state index is 11.9. The summed E-state index contributed by atoms with van der Waals surface area (Å²) in [5.41, 5.74) is 0.751. The molecule has 5 heteroatoms. The molecule has 0 bridgehead atoms. The van der Waals surface area contributed by atoms with Crippen LogP contribution in [0.5, 0.6) is 0 Å². The van der Waals surface area contributed by atoms with E-state index in [0.29, 0.717) is 11.0 Å². The van der Waals surface area contributed by atoms with E-state index in [-0.39, 0.29) is 5.56 Å². The van der Waals surface area contributed by atoms with Gasteiger partial charge in [-0.3, -0.25) is 4.79 Å². The van der Waals surface area contributed by atoms with Crippen molar-refractivity contribution < 1.29 is 0 Å². The summed E-state index contributed by atoms with van der Waals surface area (Å²) in [6, 6.07) is 0. The molecule has 4 nitrogen and oxygen atoms in total. The molecular weight excluding hydrogens is 294 g/mol. The van der Waals surface area contributed by atoms with Crippen LogP contribution in [-0.2, 0) is 6.54 Å². The Morgan fingerprint density at radius 2 is 2.17 bits per heavy atom. The van der Waals surface area contributed by atoms with Gasteiger partial charge in [0.15, 0.2) is 0 Å². The van der Waals surface area contributed by atoms with Gasteiger partial charge >= 0.3 is 0 Å². The van der Waals surface area contributed by atoms with Crippen LogP contribution in [0.3, 0.4) is 0 Å². The van der Waals surface area contributed by atoms with Gasteiger partial charge < -0.3 is 5.32 Å². The molecule has 1 aliphatic rings. The van der Waals surface area contributed by atoms with Crippen LogP contribution in [0.1, 0.15) is 39.0 Å². The Balaban J connectivity index is 2.01. The molecule has 0 unspecified atom stereocenters. The zero-order valence-corrected chi connectivity index (χ0v) is 12.4. The lowest BCUT2D eigenvalue weighted by Gasteiger charge is -2.22. The molecule has 1 aliphatic carbocycles. The molecule has 2 rings (SSSR count). The largest absolute Gasteiger partial charge is 0.382 e. The summed E-state index contributed by atoms with van der Waals surface area (Å²) >= 11 is 3.36. The van der Waals surface area contributed by atoms with Crippen molar-refractivity contribution in [3.8, 4) is 0 Å². The Morgan fingerprint density at radius 3 is 2.83 bits per heavy atom. The van der Waals surface area contributed by atoms with Gasteiger partial charge in [-0.2, -0.15) is 5.10 Å². The maximum absolute atomic E-state index is 11.9. The topological polar surface area (TPSA) is 46.9 Å². The molecule has 0 amide bonds. The molecule has 1 heterocycles. The first-order valence-electron chi connectivity index (χ1n) is 6.72. The van der Waals surface area contributed by atoms with E-state index in [1.807, 2.05) is 6.92 Å². The number of aromatic nitrogens is 2. The van der Waals surface area contributed by atoms with Gasteiger partial charge in [0.25, 0.3) is 5.56 Å². The minimum atomic E-state index is -0.0638. The van der Waals surface area contributed by atoms with E-state index in [1.54, 1.807) is 6.20 Å². The van der Waals surface area contributed by atoms with Crippen molar-refractivity contribution in [2.75, 3.05) is 11.9 Å². The highest BCUT2D eigenvalue weighted by Gasteiger charge is 2.14. The van der Waals surface area contributed by atoms with Crippen molar-refractivity contribution in [2.45, 2.75) is 45.6 Å². The molecule has 1 N–H and O–H groups in total. The molecular formula is C13H20BrN3O. The average Bonchev–Trinajstić information content (AvgIpc) is 2.42. The Morgan fingerprint density at radius 1 is 1.44 bits per heavy atom. The summed E-state index contributed by atoms with van der Waals surface area (Å²) in [5, 5.41) is 7.49. The lowest BCUT2D eigenvalue weighted by Crippen LogP contribution is -2.25. The molecule has 0 aliphatic heterocycles. The molecule has 18 heavy (non-hydrogen) atoms.